The van der Waals surface area contributed by atoms with Gasteiger partial charge >= 0.3 is 0 Å². The molecule has 3 aromatic heterocycles. The lowest BCUT2D eigenvalue weighted by Crippen LogP contribution is -2.10. The Labute approximate surface area is 281 Å². The Hall–Kier alpha value is -6.58. The molecule has 11 rings (SSSR count). The van der Waals surface area contributed by atoms with Crippen LogP contribution in [0.4, 0.5) is 17.1 Å². The molecule has 0 aliphatic rings. The second kappa shape index (κ2) is 9.96. The Bertz CT molecular complexity index is 3050. The van der Waals surface area contributed by atoms with Crippen molar-refractivity contribution in [2.24, 2.45) is 0 Å². The van der Waals surface area contributed by atoms with E-state index in [0.29, 0.717) is 0 Å². The zero-order chi connectivity index (χ0) is 32.1. The molecule has 0 bridgehead atoms. The summed E-state index contributed by atoms with van der Waals surface area (Å²) in [7, 11) is 0. The van der Waals surface area contributed by atoms with Gasteiger partial charge in [-0.05, 0) is 77.2 Å². The van der Waals surface area contributed by atoms with Gasteiger partial charge in [-0.3, -0.25) is 0 Å². The molecule has 0 unspecified atom stereocenters. The van der Waals surface area contributed by atoms with Crippen LogP contribution in [0.2, 0.25) is 0 Å². The van der Waals surface area contributed by atoms with Crippen molar-refractivity contribution >= 4 is 87.9 Å². The van der Waals surface area contributed by atoms with Crippen LogP contribution < -0.4 is 4.90 Å². The Kier molecular flexibility index (Phi) is 5.38. The van der Waals surface area contributed by atoms with Gasteiger partial charge in [-0.15, -0.1) is 0 Å². The van der Waals surface area contributed by atoms with Crippen LogP contribution in [0, 0.1) is 0 Å². The van der Waals surface area contributed by atoms with E-state index in [1.165, 1.54) is 54.4 Å². The normalized spacial score (nSPS) is 12.1. The summed E-state index contributed by atoms with van der Waals surface area (Å²) < 4.78 is 9.09. The van der Waals surface area contributed by atoms with Crippen LogP contribution in [-0.2, 0) is 0 Å². The SMILES string of the molecule is c1ccc(N(c2ccc3c(c2)oc2cc(-c4ccc5c(c4)c4cccc6c7ccccc7n5c64)ccc23)c2cccc3ccccc23)cc1. The van der Waals surface area contributed by atoms with Gasteiger partial charge in [0.05, 0.1) is 22.2 Å². The predicted octanol–water partition coefficient (Wildman–Crippen LogP) is 13.0. The van der Waals surface area contributed by atoms with Crippen molar-refractivity contribution in [3.8, 4) is 11.1 Å². The fourth-order valence-corrected chi connectivity index (χ4v) is 8.10. The zero-order valence-electron chi connectivity index (χ0n) is 26.5. The summed E-state index contributed by atoms with van der Waals surface area (Å²) in [6.45, 7) is 0. The standard InChI is InChI=1S/C46H28N2O/c1-2-12-32(13-3-1)47(41-19-8-11-29-10-4-5-14-34(29)41)33-22-24-37-36-23-20-31(27-44(36)49-45(37)28-33)30-21-25-43-40(26-30)39-17-9-16-38-35-15-6-7-18-42(35)48(43)46(38)39/h1-28H. The van der Waals surface area contributed by atoms with Crippen molar-refractivity contribution in [2.75, 3.05) is 4.90 Å². The molecule has 0 fully saturated rings. The fourth-order valence-electron chi connectivity index (χ4n) is 8.10. The average Bonchev–Trinajstić information content (AvgIpc) is 3.82. The number of fused-ring (bicyclic) bond motifs is 10. The lowest BCUT2D eigenvalue weighted by atomic mass is 10.0. The van der Waals surface area contributed by atoms with Crippen LogP contribution in [0.25, 0.3) is 81.9 Å². The first-order chi connectivity index (χ1) is 24.3. The van der Waals surface area contributed by atoms with Gasteiger partial charge in [-0.2, -0.15) is 0 Å². The zero-order valence-corrected chi connectivity index (χ0v) is 26.5. The predicted molar refractivity (Wildman–Crippen MR) is 206 cm³/mol. The van der Waals surface area contributed by atoms with Crippen molar-refractivity contribution in [3.63, 3.8) is 0 Å². The highest BCUT2D eigenvalue weighted by Crippen LogP contribution is 2.43. The maximum absolute atomic E-state index is 6.66. The molecule has 8 aromatic carbocycles. The minimum atomic E-state index is 0.873. The average molecular weight is 625 g/mol. The highest BCUT2D eigenvalue weighted by molar-refractivity contribution is 6.23. The first-order valence-corrected chi connectivity index (χ1v) is 16.8. The van der Waals surface area contributed by atoms with Crippen molar-refractivity contribution in [2.45, 2.75) is 0 Å². The number of benzene rings is 8. The van der Waals surface area contributed by atoms with Gasteiger partial charge in [0, 0.05) is 55.1 Å². The summed E-state index contributed by atoms with van der Waals surface area (Å²) >= 11 is 0. The molecule has 3 nitrogen and oxygen atoms in total. The third-order valence-corrected chi connectivity index (χ3v) is 10.3. The lowest BCUT2D eigenvalue weighted by molar-refractivity contribution is 0.669. The van der Waals surface area contributed by atoms with E-state index in [1.807, 2.05) is 0 Å². The molecule has 0 saturated heterocycles. The molecule has 3 heteroatoms. The number of furan rings is 1. The molecule has 0 radical (unpaired) electrons. The van der Waals surface area contributed by atoms with E-state index in [1.54, 1.807) is 0 Å². The van der Waals surface area contributed by atoms with Crippen LogP contribution in [-0.4, -0.2) is 4.40 Å². The first-order valence-electron chi connectivity index (χ1n) is 16.8. The van der Waals surface area contributed by atoms with Crippen molar-refractivity contribution in [3.05, 3.63) is 170 Å². The van der Waals surface area contributed by atoms with Gasteiger partial charge < -0.3 is 13.7 Å². The molecule has 228 valence electrons. The molecular weight excluding hydrogens is 597 g/mol. The van der Waals surface area contributed by atoms with E-state index in [0.717, 1.165) is 44.6 Å². The number of hydrogen-bond acceptors (Lipinski definition) is 2. The first kappa shape index (κ1) is 26.5. The Balaban J connectivity index is 1.05. The molecular formula is C46H28N2O. The third-order valence-electron chi connectivity index (χ3n) is 10.3. The highest BCUT2D eigenvalue weighted by Gasteiger charge is 2.19. The summed E-state index contributed by atoms with van der Waals surface area (Å²) in [6.07, 6.45) is 0. The number of hydrogen-bond donors (Lipinski definition) is 0. The maximum atomic E-state index is 6.66. The van der Waals surface area contributed by atoms with E-state index >= 15 is 0 Å². The monoisotopic (exact) mass is 624 g/mol. The molecule has 0 amide bonds. The molecule has 49 heavy (non-hydrogen) atoms. The molecule has 0 saturated carbocycles. The number of nitrogens with zero attached hydrogens (tertiary/aromatic N) is 2. The summed E-state index contributed by atoms with van der Waals surface area (Å²) in [4.78, 5) is 2.32. The molecule has 0 aliphatic carbocycles. The lowest BCUT2D eigenvalue weighted by Gasteiger charge is -2.26. The molecule has 11 aromatic rings. The highest BCUT2D eigenvalue weighted by atomic mass is 16.3. The van der Waals surface area contributed by atoms with Gasteiger partial charge in [0.1, 0.15) is 11.2 Å². The number of aromatic nitrogens is 1. The topological polar surface area (TPSA) is 20.8 Å². The third kappa shape index (κ3) is 3.78. The van der Waals surface area contributed by atoms with Crippen LogP contribution in [0.1, 0.15) is 0 Å². The smallest absolute Gasteiger partial charge is 0.137 e. The molecule has 0 aliphatic heterocycles. The van der Waals surface area contributed by atoms with Gasteiger partial charge in [-0.25, -0.2) is 0 Å². The van der Waals surface area contributed by atoms with Crippen LogP contribution in [0.5, 0.6) is 0 Å². The summed E-state index contributed by atoms with van der Waals surface area (Å²) in [5, 5.41) is 9.82. The number of rotatable bonds is 4. The summed E-state index contributed by atoms with van der Waals surface area (Å²) in [6, 6.07) is 61.1. The largest absolute Gasteiger partial charge is 0.456 e. The van der Waals surface area contributed by atoms with Crippen molar-refractivity contribution in [1.29, 1.82) is 0 Å². The quantitative estimate of drug-likeness (QED) is 0.194. The second-order valence-corrected chi connectivity index (χ2v) is 12.9. The van der Waals surface area contributed by atoms with Gasteiger partial charge in [0.25, 0.3) is 0 Å². The van der Waals surface area contributed by atoms with Crippen LogP contribution in [0.15, 0.2) is 174 Å². The van der Waals surface area contributed by atoms with Gasteiger partial charge in [0.15, 0.2) is 0 Å². The van der Waals surface area contributed by atoms with Crippen molar-refractivity contribution in [1.82, 2.24) is 4.40 Å². The Morgan fingerprint density at radius 3 is 1.92 bits per heavy atom. The van der Waals surface area contributed by atoms with Gasteiger partial charge in [-0.1, -0.05) is 103 Å². The summed E-state index contributed by atoms with van der Waals surface area (Å²) in [5.74, 6) is 0. The van der Waals surface area contributed by atoms with E-state index in [-0.39, 0.29) is 0 Å². The Morgan fingerprint density at radius 1 is 0.388 bits per heavy atom. The molecule has 0 atom stereocenters. The van der Waals surface area contributed by atoms with Crippen LogP contribution >= 0.6 is 0 Å². The summed E-state index contributed by atoms with van der Waals surface area (Å²) in [5.41, 5.74) is 11.2. The van der Waals surface area contributed by atoms with E-state index in [2.05, 4.69) is 179 Å². The fraction of sp³-hybridized carbons (Fsp3) is 0. The molecule has 3 heterocycles. The number of para-hydroxylation sites is 3. The van der Waals surface area contributed by atoms with Gasteiger partial charge in [0.2, 0.25) is 0 Å². The van der Waals surface area contributed by atoms with Crippen LogP contribution in [0.3, 0.4) is 0 Å². The Morgan fingerprint density at radius 2 is 1.02 bits per heavy atom. The van der Waals surface area contributed by atoms with Crippen molar-refractivity contribution < 1.29 is 4.42 Å². The van der Waals surface area contributed by atoms with E-state index in [4.69, 9.17) is 4.42 Å². The van der Waals surface area contributed by atoms with E-state index in [9.17, 15) is 0 Å². The molecule has 0 N–H and O–H groups in total. The minimum Gasteiger partial charge on any atom is -0.456 e. The maximum Gasteiger partial charge on any atom is 0.137 e. The number of anilines is 3. The molecule has 0 spiro atoms. The van der Waals surface area contributed by atoms with E-state index < -0.39 is 0 Å². The minimum absolute atomic E-state index is 0.873. The second-order valence-electron chi connectivity index (χ2n) is 12.9.